The monoisotopic (exact) mass is 360 g/mol. The van der Waals surface area contributed by atoms with E-state index in [1.54, 1.807) is 0 Å². The lowest BCUT2D eigenvalue weighted by Gasteiger charge is -2.37. The van der Waals surface area contributed by atoms with Crippen LogP contribution in [0.5, 0.6) is 0 Å². The van der Waals surface area contributed by atoms with E-state index in [0.29, 0.717) is 11.8 Å². The molecule has 27 heavy (non-hydrogen) atoms. The van der Waals surface area contributed by atoms with Crippen LogP contribution in [0.25, 0.3) is 0 Å². The smallest absolute Gasteiger partial charge is 0.230 e. The molecule has 2 fully saturated rings. The molecule has 2 aliphatic rings. The molecule has 140 valence electrons. The SMILES string of the molecule is C=C(C1C(C(=O)N(C)c2ccccc2)[C@H]2CC[C@@H]1C2)N(C)c1ccccc1. The van der Waals surface area contributed by atoms with Gasteiger partial charge in [-0.25, -0.2) is 0 Å². The van der Waals surface area contributed by atoms with E-state index in [4.69, 9.17) is 0 Å². The Bertz CT molecular complexity index is 747. The molecule has 0 spiro atoms. The summed E-state index contributed by atoms with van der Waals surface area (Å²) in [5, 5.41) is 0. The van der Waals surface area contributed by atoms with Crippen molar-refractivity contribution in [1.29, 1.82) is 0 Å². The fraction of sp³-hybridized carbons (Fsp3) is 0.375. The number of allylic oxidation sites excluding steroid dienone is 1. The molecule has 1 amide bonds. The van der Waals surface area contributed by atoms with Crippen LogP contribution in [0.3, 0.4) is 0 Å². The van der Waals surface area contributed by atoms with Gasteiger partial charge >= 0.3 is 0 Å². The summed E-state index contributed by atoms with van der Waals surface area (Å²) >= 11 is 0. The molecule has 3 heteroatoms. The third kappa shape index (κ3) is 3.16. The Balaban J connectivity index is 1.59. The zero-order valence-electron chi connectivity index (χ0n) is 16.2. The maximum absolute atomic E-state index is 13.5. The zero-order valence-corrected chi connectivity index (χ0v) is 16.2. The topological polar surface area (TPSA) is 23.6 Å². The van der Waals surface area contributed by atoms with Gasteiger partial charge in [0.05, 0.1) is 0 Å². The first kappa shape index (κ1) is 17.8. The van der Waals surface area contributed by atoms with Crippen LogP contribution in [-0.4, -0.2) is 20.0 Å². The largest absolute Gasteiger partial charge is 0.348 e. The Labute approximate surface area is 162 Å². The minimum absolute atomic E-state index is 0.0348. The van der Waals surface area contributed by atoms with E-state index in [0.717, 1.165) is 23.5 Å². The highest BCUT2D eigenvalue weighted by atomic mass is 16.2. The third-order valence-corrected chi connectivity index (χ3v) is 6.63. The second-order valence-corrected chi connectivity index (χ2v) is 8.00. The minimum Gasteiger partial charge on any atom is -0.348 e. The van der Waals surface area contributed by atoms with Crippen molar-refractivity contribution in [2.75, 3.05) is 23.9 Å². The summed E-state index contributed by atoms with van der Waals surface area (Å²) in [6.07, 6.45) is 3.55. The van der Waals surface area contributed by atoms with Crippen molar-refractivity contribution < 1.29 is 4.79 Å². The number of rotatable bonds is 5. The van der Waals surface area contributed by atoms with Crippen molar-refractivity contribution in [3.05, 3.63) is 72.9 Å². The molecule has 2 aromatic carbocycles. The lowest BCUT2D eigenvalue weighted by atomic mass is 9.76. The van der Waals surface area contributed by atoms with Crippen LogP contribution in [-0.2, 0) is 4.79 Å². The predicted octanol–water partition coefficient (Wildman–Crippen LogP) is 4.96. The van der Waals surface area contributed by atoms with Crippen LogP contribution >= 0.6 is 0 Å². The summed E-state index contributed by atoms with van der Waals surface area (Å²) in [6.45, 7) is 4.45. The maximum atomic E-state index is 13.5. The maximum Gasteiger partial charge on any atom is 0.230 e. The number of fused-ring (bicyclic) bond motifs is 2. The van der Waals surface area contributed by atoms with Gasteiger partial charge in [-0.1, -0.05) is 43.0 Å². The van der Waals surface area contributed by atoms with E-state index in [1.165, 1.54) is 12.8 Å². The van der Waals surface area contributed by atoms with Crippen molar-refractivity contribution in [1.82, 2.24) is 0 Å². The molecule has 0 aromatic heterocycles. The lowest BCUT2D eigenvalue weighted by molar-refractivity contribution is -0.124. The number of benzene rings is 2. The fourth-order valence-electron chi connectivity index (χ4n) is 5.17. The van der Waals surface area contributed by atoms with Crippen LogP contribution in [0, 0.1) is 23.7 Å². The van der Waals surface area contributed by atoms with E-state index in [1.807, 2.05) is 60.5 Å². The molecule has 0 radical (unpaired) electrons. The summed E-state index contributed by atoms with van der Waals surface area (Å²) < 4.78 is 0. The van der Waals surface area contributed by atoms with Gasteiger partial charge in [-0.05, 0) is 55.4 Å². The van der Waals surface area contributed by atoms with Gasteiger partial charge in [-0.15, -0.1) is 0 Å². The zero-order chi connectivity index (χ0) is 19.0. The van der Waals surface area contributed by atoms with Gasteiger partial charge in [0.15, 0.2) is 0 Å². The number of nitrogens with zero attached hydrogens (tertiary/aromatic N) is 2. The quantitative estimate of drug-likeness (QED) is 0.752. The molecule has 2 unspecified atom stereocenters. The number of carbonyl (C=O) groups is 1. The van der Waals surface area contributed by atoms with Crippen molar-refractivity contribution in [2.45, 2.75) is 19.3 Å². The van der Waals surface area contributed by atoms with Crippen molar-refractivity contribution in [3.8, 4) is 0 Å². The second kappa shape index (κ2) is 7.22. The lowest BCUT2D eigenvalue weighted by Crippen LogP contribution is -2.42. The summed E-state index contributed by atoms with van der Waals surface area (Å²) in [6, 6.07) is 20.3. The molecular formula is C24H28N2O. The van der Waals surface area contributed by atoms with E-state index in [-0.39, 0.29) is 17.7 Å². The van der Waals surface area contributed by atoms with Gasteiger partial charge in [0.2, 0.25) is 5.91 Å². The average Bonchev–Trinajstić information content (AvgIpc) is 3.34. The van der Waals surface area contributed by atoms with Gasteiger partial charge < -0.3 is 9.80 Å². The fourth-order valence-corrected chi connectivity index (χ4v) is 5.17. The molecule has 2 bridgehead atoms. The number of amides is 1. The number of carbonyl (C=O) groups excluding carboxylic acids is 1. The molecule has 0 saturated heterocycles. The number of anilines is 2. The summed E-state index contributed by atoms with van der Waals surface area (Å²) in [4.78, 5) is 17.5. The van der Waals surface area contributed by atoms with E-state index in [9.17, 15) is 4.79 Å². The first-order chi connectivity index (χ1) is 13.1. The second-order valence-electron chi connectivity index (χ2n) is 8.00. The van der Waals surface area contributed by atoms with Gasteiger partial charge in [-0.2, -0.15) is 0 Å². The summed E-state index contributed by atoms with van der Waals surface area (Å²) in [5.41, 5.74) is 3.17. The van der Waals surface area contributed by atoms with Crippen LogP contribution in [0.1, 0.15) is 19.3 Å². The summed E-state index contributed by atoms with van der Waals surface area (Å²) in [5.74, 6) is 1.56. The highest BCUT2D eigenvalue weighted by Crippen LogP contribution is 2.55. The normalized spacial score (nSPS) is 26.0. The van der Waals surface area contributed by atoms with E-state index in [2.05, 4.69) is 30.7 Å². The molecule has 4 atom stereocenters. The first-order valence-electron chi connectivity index (χ1n) is 9.88. The van der Waals surface area contributed by atoms with Gasteiger partial charge in [-0.3, -0.25) is 4.79 Å². The Morgan fingerprint density at radius 2 is 1.30 bits per heavy atom. The van der Waals surface area contributed by atoms with Crippen molar-refractivity contribution in [2.24, 2.45) is 23.7 Å². The van der Waals surface area contributed by atoms with Gasteiger partial charge in [0.1, 0.15) is 0 Å². The Morgan fingerprint density at radius 1 is 0.815 bits per heavy atom. The molecule has 4 rings (SSSR count). The molecule has 0 aliphatic heterocycles. The average molecular weight is 361 g/mol. The van der Waals surface area contributed by atoms with Crippen molar-refractivity contribution >= 4 is 17.3 Å². The molecular weight excluding hydrogens is 332 g/mol. The molecule has 2 aliphatic carbocycles. The van der Waals surface area contributed by atoms with Crippen LogP contribution in [0.15, 0.2) is 72.9 Å². The molecule has 2 aromatic rings. The predicted molar refractivity (Wildman–Crippen MR) is 112 cm³/mol. The molecule has 0 heterocycles. The van der Waals surface area contributed by atoms with Crippen molar-refractivity contribution in [3.63, 3.8) is 0 Å². The van der Waals surface area contributed by atoms with Crippen LogP contribution < -0.4 is 9.80 Å². The third-order valence-electron chi connectivity index (χ3n) is 6.63. The first-order valence-corrected chi connectivity index (χ1v) is 9.88. The van der Waals surface area contributed by atoms with Crippen LogP contribution in [0.2, 0.25) is 0 Å². The highest BCUT2D eigenvalue weighted by molar-refractivity contribution is 5.95. The minimum atomic E-state index is 0.0348. The summed E-state index contributed by atoms with van der Waals surface area (Å²) in [7, 11) is 3.98. The molecule has 3 nitrogen and oxygen atoms in total. The number of para-hydroxylation sites is 2. The standard InChI is InChI=1S/C24H28N2O/c1-17(25(2)20-10-6-4-7-11-20)22-18-14-15-19(16-18)23(22)24(27)26(3)21-12-8-5-9-13-21/h4-13,18-19,22-23H,1,14-16H2,2-3H3/t18-,19+,22?,23?/m1/s1. The highest BCUT2D eigenvalue weighted by Gasteiger charge is 2.53. The van der Waals surface area contributed by atoms with E-state index >= 15 is 0 Å². The Hall–Kier alpha value is -2.55. The van der Waals surface area contributed by atoms with Gasteiger partial charge in [0, 0.05) is 43.0 Å². The number of hydrogen-bond donors (Lipinski definition) is 0. The van der Waals surface area contributed by atoms with E-state index < -0.39 is 0 Å². The van der Waals surface area contributed by atoms with Crippen LogP contribution in [0.4, 0.5) is 11.4 Å². The number of hydrogen-bond acceptors (Lipinski definition) is 2. The Kier molecular flexibility index (Phi) is 4.77. The van der Waals surface area contributed by atoms with Gasteiger partial charge in [0.25, 0.3) is 0 Å². The Morgan fingerprint density at radius 3 is 1.85 bits per heavy atom. The molecule has 2 saturated carbocycles. The molecule has 0 N–H and O–H groups in total.